The molecule has 3 heterocycles. The second-order valence-electron chi connectivity index (χ2n) is 11.0. The lowest BCUT2D eigenvalue weighted by Crippen LogP contribution is -2.50. The molecule has 3 aliphatic rings. The van der Waals surface area contributed by atoms with Gasteiger partial charge in [0, 0.05) is 30.7 Å². The molecule has 2 bridgehead atoms. The van der Waals surface area contributed by atoms with Gasteiger partial charge >= 0.3 is 5.97 Å². The van der Waals surface area contributed by atoms with Crippen LogP contribution in [0.25, 0.3) is 11.0 Å². The van der Waals surface area contributed by atoms with Gasteiger partial charge in [-0.25, -0.2) is 4.98 Å². The van der Waals surface area contributed by atoms with Crippen molar-refractivity contribution in [1.29, 1.82) is 0 Å². The van der Waals surface area contributed by atoms with E-state index >= 15 is 0 Å². The lowest BCUT2D eigenvalue weighted by Gasteiger charge is -2.45. The molecule has 3 fully saturated rings. The minimum atomic E-state index is -0.428. The number of carbonyl (C=O) groups excluding carboxylic acids is 1. The quantitative estimate of drug-likeness (QED) is 0.536. The smallest absolute Gasteiger partial charge is 0.325 e. The van der Waals surface area contributed by atoms with Crippen LogP contribution in [0, 0.1) is 0 Å². The molecule has 1 N–H and O–H groups in total. The van der Waals surface area contributed by atoms with Gasteiger partial charge in [0.2, 0.25) is 0 Å². The maximum absolute atomic E-state index is 14.0. The Hall–Kier alpha value is -2.45. The zero-order valence-electron chi connectivity index (χ0n) is 22.2. The van der Waals surface area contributed by atoms with Gasteiger partial charge in [-0.05, 0) is 57.6 Å². The Balaban J connectivity index is 1.47. The molecule has 5 rings (SSSR count). The number of piperidine rings is 1. The zero-order valence-corrected chi connectivity index (χ0v) is 22.2. The maximum Gasteiger partial charge on any atom is 0.325 e. The topological polar surface area (TPSA) is 87.9 Å². The highest BCUT2D eigenvalue weighted by Gasteiger charge is 2.44. The zero-order chi connectivity index (χ0) is 25.8. The highest BCUT2D eigenvalue weighted by molar-refractivity contribution is 5.79. The van der Waals surface area contributed by atoms with Crippen molar-refractivity contribution in [3.8, 4) is 0 Å². The Morgan fingerprint density at radius 1 is 1.00 bits per heavy atom. The first-order valence-corrected chi connectivity index (χ1v) is 14.4. The predicted octanol–water partition coefficient (Wildman–Crippen LogP) is 4.04. The molecule has 1 aromatic carbocycles. The van der Waals surface area contributed by atoms with Crippen LogP contribution >= 0.6 is 0 Å². The van der Waals surface area contributed by atoms with Crippen LogP contribution < -0.4 is 10.5 Å². The maximum atomic E-state index is 14.0. The number of fused-ring (bicyclic) bond motifs is 3. The standard InChI is InChI=1S/C29H42N4O4/c1-2-37-27(35)20-31(16-17-34)28-29(36)33(26-13-9-8-12-25(26)30-28)24-18-22-14-15-23(19-24)32(22)21-10-6-4-3-5-7-11-21/h8-9,12-13,21-24,34H,2-7,10-11,14-20H2,1H3. The lowest BCUT2D eigenvalue weighted by atomic mass is 9.89. The number of aliphatic hydroxyl groups is 1. The highest BCUT2D eigenvalue weighted by Crippen LogP contribution is 2.44. The number of benzene rings is 1. The Morgan fingerprint density at radius 2 is 1.68 bits per heavy atom. The van der Waals surface area contributed by atoms with Gasteiger partial charge in [-0.1, -0.05) is 44.2 Å². The molecule has 1 aliphatic carbocycles. The van der Waals surface area contributed by atoms with E-state index in [0.717, 1.165) is 23.9 Å². The van der Waals surface area contributed by atoms with Gasteiger partial charge in [0.05, 0.1) is 24.2 Å². The first-order chi connectivity index (χ1) is 18.1. The molecular formula is C29H42N4O4. The van der Waals surface area contributed by atoms with Crippen LogP contribution in [0.15, 0.2) is 29.1 Å². The van der Waals surface area contributed by atoms with Gasteiger partial charge < -0.3 is 19.3 Å². The number of hydrogen-bond acceptors (Lipinski definition) is 7. The molecule has 0 spiro atoms. The molecule has 8 heteroatoms. The van der Waals surface area contributed by atoms with Crippen molar-refractivity contribution in [2.75, 3.05) is 31.2 Å². The monoisotopic (exact) mass is 510 g/mol. The number of hydrogen-bond donors (Lipinski definition) is 1. The van der Waals surface area contributed by atoms with E-state index in [1.165, 1.54) is 57.8 Å². The van der Waals surface area contributed by atoms with Gasteiger partial charge in [-0.15, -0.1) is 0 Å². The van der Waals surface area contributed by atoms with E-state index in [-0.39, 0.29) is 43.7 Å². The number of aromatic nitrogens is 2. The Morgan fingerprint density at radius 3 is 2.35 bits per heavy atom. The molecule has 2 atom stereocenters. The van der Waals surface area contributed by atoms with Gasteiger partial charge in [-0.2, -0.15) is 0 Å². The third-order valence-electron chi connectivity index (χ3n) is 8.70. The Bertz CT molecular complexity index is 1110. The van der Waals surface area contributed by atoms with Crippen LogP contribution in [-0.4, -0.2) is 70.0 Å². The minimum absolute atomic E-state index is 0.0972. The number of nitrogens with zero attached hydrogens (tertiary/aromatic N) is 4. The Kier molecular flexibility index (Phi) is 8.45. The van der Waals surface area contributed by atoms with Crippen LogP contribution in [-0.2, 0) is 9.53 Å². The molecule has 202 valence electrons. The molecule has 2 unspecified atom stereocenters. The number of aliphatic hydroxyl groups excluding tert-OH is 1. The summed E-state index contributed by atoms with van der Waals surface area (Å²) in [6.45, 7) is 1.87. The highest BCUT2D eigenvalue weighted by atomic mass is 16.5. The molecule has 1 saturated carbocycles. The van der Waals surface area contributed by atoms with E-state index in [2.05, 4.69) is 9.88 Å². The van der Waals surface area contributed by atoms with Gasteiger partial charge in [0.1, 0.15) is 6.54 Å². The summed E-state index contributed by atoms with van der Waals surface area (Å²) in [5.41, 5.74) is 1.40. The van der Waals surface area contributed by atoms with Crippen LogP contribution in [0.2, 0.25) is 0 Å². The summed E-state index contributed by atoms with van der Waals surface area (Å²) in [5.74, 6) is -0.210. The normalized spacial score (nSPS) is 25.1. The molecule has 2 aromatic rings. The number of rotatable bonds is 8. The summed E-state index contributed by atoms with van der Waals surface area (Å²) in [6.07, 6.45) is 13.8. The molecule has 0 radical (unpaired) electrons. The SMILES string of the molecule is CCOC(=O)CN(CCO)c1nc2ccccc2n(C2CC3CCC(C2)N3C2CCCCCCC2)c1=O. The fourth-order valence-electron chi connectivity index (χ4n) is 7.18. The largest absolute Gasteiger partial charge is 0.465 e. The average Bonchev–Trinajstić information content (AvgIpc) is 3.12. The van der Waals surface area contributed by atoms with Crippen molar-refractivity contribution in [1.82, 2.24) is 14.5 Å². The van der Waals surface area contributed by atoms with Crippen molar-refractivity contribution in [3.63, 3.8) is 0 Å². The molecule has 2 saturated heterocycles. The van der Waals surface area contributed by atoms with Crippen molar-refractivity contribution >= 4 is 22.8 Å². The van der Waals surface area contributed by atoms with Crippen molar-refractivity contribution in [3.05, 3.63) is 34.6 Å². The summed E-state index contributed by atoms with van der Waals surface area (Å²) in [5, 5.41) is 9.70. The second kappa shape index (κ2) is 11.9. The third-order valence-corrected chi connectivity index (χ3v) is 8.70. The fraction of sp³-hybridized carbons (Fsp3) is 0.690. The van der Waals surface area contributed by atoms with E-state index in [1.54, 1.807) is 11.8 Å². The minimum Gasteiger partial charge on any atom is -0.465 e. The number of ether oxygens (including phenoxy) is 1. The molecular weight excluding hydrogens is 468 g/mol. The van der Waals surface area contributed by atoms with E-state index < -0.39 is 5.97 Å². The number of carbonyl (C=O) groups is 1. The van der Waals surface area contributed by atoms with Crippen LogP contribution in [0.4, 0.5) is 5.82 Å². The predicted molar refractivity (Wildman–Crippen MR) is 145 cm³/mol. The van der Waals surface area contributed by atoms with Crippen LogP contribution in [0.3, 0.4) is 0 Å². The first-order valence-electron chi connectivity index (χ1n) is 14.4. The van der Waals surface area contributed by atoms with E-state index in [0.29, 0.717) is 18.1 Å². The van der Waals surface area contributed by atoms with E-state index in [1.807, 2.05) is 28.8 Å². The molecule has 37 heavy (non-hydrogen) atoms. The van der Waals surface area contributed by atoms with Crippen molar-refractivity contribution in [2.45, 2.75) is 102 Å². The lowest BCUT2D eigenvalue weighted by molar-refractivity contribution is -0.141. The van der Waals surface area contributed by atoms with Crippen LogP contribution in [0.1, 0.15) is 83.6 Å². The summed E-state index contributed by atoms with van der Waals surface area (Å²) >= 11 is 0. The molecule has 8 nitrogen and oxygen atoms in total. The number of esters is 1. The number of para-hydroxylation sites is 2. The Labute approximate surface area is 219 Å². The van der Waals surface area contributed by atoms with Gasteiger partial charge in [0.25, 0.3) is 5.56 Å². The molecule has 2 aliphatic heterocycles. The van der Waals surface area contributed by atoms with Crippen molar-refractivity contribution in [2.24, 2.45) is 0 Å². The van der Waals surface area contributed by atoms with Gasteiger partial charge in [0.15, 0.2) is 5.82 Å². The van der Waals surface area contributed by atoms with Crippen LogP contribution in [0.5, 0.6) is 0 Å². The van der Waals surface area contributed by atoms with E-state index in [9.17, 15) is 14.7 Å². The first kappa shape index (κ1) is 26.2. The summed E-state index contributed by atoms with van der Waals surface area (Å²) in [4.78, 5) is 35.5. The summed E-state index contributed by atoms with van der Waals surface area (Å²) < 4.78 is 7.08. The molecule has 1 aromatic heterocycles. The average molecular weight is 511 g/mol. The fourth-order valence-corrected chi connectivity index (χ4v) is 7.18. The van der Waals surface area contributed by atoms with Gasteiger partial charge in [-0.3, -0.25) is 14.5 Å². The van der Waals surface area contributed by atoms with Crippen molar-refractivity contribution < 1.29 is 14.6 Å². The number of anilines is 1. The summed E-state index contributed by atoms with van der Waals surface area (Å²) in [6, 6.07) is 9.61. The van der Waals surface area contributed by atoms with E-state index in [4.69, 9.17) is 4.74 Å². The second-order valence-corrected chi connectivity index (χ2v) is 11.0. The third kappa shape index (κ3) is 5.55. The summed E-state index contributed by atoms with van der Waals surface area (Å²) in [7, 11) is 0. The molecule has 0 amide bonds.